The van der Waals surface area contributed by atoms with E-state index in [9.17, 15) is 14.9 Å². The number of hydrogen-bond donors (Lipinski definition) is 2. The molecule has 1 aromatic carbocycles. The van der Waals surface area contributed by atoms with Gasteiger partial charge in [0.15, 0.2) is 0 Å². The normalized spacial score (nSPS) is 12.2. The van der Waals surface area contributed by atoms with Crippen LogP contribution in [0, 0.1) is 10.1 Å². The van der Waals surface area contributed by atoms with Gasteiger partial charge in [-0.05, 0) is 6.07 Å². The molecule has 7 nitrogen and oxygen atoms in total. The molecule has 0 saturated carbocycles. The van der Waals surface area contributed by atoms with Crippen LogP contribution in [-0.4, -0.2) is 34.7 Å². The van der Waals surface area contributed by atoms with Crippen molar-refractivity contribution in [1.82, 2.24) is 5.32 Å². The van der Waals surface area contributed by atoms with Crippen molar-refractivity contribution in [2.24, 2.45) is 0 Å². The van der Waals surface area contributed by atoms with E-state index in [1.807, 2.05) is 13.8 Å². The van der Waals surface area contributed by atoms with E-state index in [1.165, 1.54) is 18.2 Å². The number of nitro benzene ring substituents is 1. The first-order valence-electron chi connectivity index (χ1n) is 6.37. The Morgan fingerprint density at radius 3 is 2.67 bits per heavy atom. The van der Waals surface area contributed by atoms with Crippen LogP contribution in [0.3, 0.4) is 0 Å². The average molecular weight is 317 g/mol. The fourth-order valence-electron chi connectivity index (χ4n) is 1.70. The van der Waals surface area contributed by atoms with Gasteiger partial charge in [0.05, 0.1) is 11.5 Å². The fourth-order valence-corrected chi connectivity index (χ4v) is 1.94. The highest BCUT2D eigenvalue weighted by Gasteiger charge is 2.18. The summed E-state index contributed by atoms with van der Waals surface area (Å²) < 4.78 is 5.37. The van der Waals surface area contributed by atoms with Crippen LogP contribution in [0.4, 0.5) is 5.69 Å². The predicted molar refractivity (Wildman–Crippen MR) is 77.9 cm³/mol. The van der Waals surface area contributed by atoms with E-state index < -0.39 is 16.9 Å². The van der Waals surface area contributed by atoms with Gasteiger partial charge in [0.1, 0.15) is 16.8 Å². The molecule has 0 aliphatic carbocycles. The fraction of sp³-hybridized carbons (Fsp3) is 0.462. The topological polar surface area (TPSA) is 102 Å². The molecule has 0 spiro atoms. The molecule has 0 amide bonds. The number of carbonyl (C=O) groups is 1. The molecule has 0 saturated heterocycles. The predicted octanol–water partition coefficient (Wildman–Crippen LogP) is 2.47. The van der Waals surface area contributed by atoms with Crippen LogP contribution in [0.1, 0.15) is 20.3 Å². The van der Waals surface area contributed by atoms with E-state index in [0.717, 1.165) is 0 Å². The monoisotopic (exact) mass is 316 g/mol. The number of halogens is 1. The van der Waals surface area contributed by atoms with E-state index >= 15 is 0 Å². The largest absolute Gasteiger partial charge is 0.493 e. The molecule has 0 radical (unpaired) electrons. The molecule has 21 heavy (non-hydrogen) atoms. The Bertz CT molecular complexity index is 521. The molecule has 1 aromatic rings. The van der Waals surface area contributed by atoms with E-state index in [4.69, 9.17) is 21.4 Å². The first kappa shape index (κ1) is 17.2. The maximum Gasteiger partial charge on any atom is 0.320 e. The van der Waals surface area contributed by atoms with Crippen LogP contribution in [0.5, 0.6) is 5.75 Å². The van der Waals surface area contributed by atoms with Gasteiger partial charge in [-0.15, -0.1) is 0 Å². The zero-order chi connectivity index (χ0) is 16.0. The van der Waals surface area contributed by atoms with Gasteiger partial charge >= 0.3 is 5.97 Å². The third-order valence-corrected chi connectivity index (χ3v) is 2.93. The molecule has 1 atom stereocenters. The summed E-state index contributed by atoms with van der Waals surface area (Å²) in [5, 5.41) is 22.6. The third kappa shape index (κ3) is 5.57. The number of carboxylic acid groups (broad SMARTS) is 1. The smallest absolute Gasteiger partial charge is 0.320 e. The molecule has 0 aliphatic heterocycles. The molecule has 0 heterocycles. The Hall–Kier alpha value is -1.86. The van der Waals surface area contributed by atoms with Crippen molar-refractivity contribution in [3.63, 3.8) is 0 Å². The first-order valence-corrected chi connectivity index (χ1v) is 6.74. The Morgan fingerprint density at radius 2 is 2.19 bits per heavy atom. The average Bonchev–Trinajstić information content (AvgIpc) is 2.36. The molecular weight excluding hydrogens is 300 g/mol. The number of carboxylic acids is 1. The molecule has 0 bridgehead atoms. The van der Waals surface area contributed by atoms with Crippen LogP contribution in [-0.2, 0) is 4.79 Å². The van der Waals surface area contributed by atoms with Crippen molar-refractivity contribution in [2.45, 2.75) is 32.4 Å². The van der Waals surface area contributed by atoms with Gasteiger partial charge in [-0.2, -0.15) is 0 Å². The van der Waals surface area contributed by atoms with Crippen molar-refractivity contribution >= 4 is 23.3 Å². The van der Waals surface area contributed by atoms with E-state index in [2.05, 4.69) is 5.32 Å². The minimum absolute atomic E-state index is 0.0208. The van der Waals surface area contributed by atoms with Crippen LogP contribution in [0.15, 0.2) is 18.2 Å². The lowest BCUT2D eigenvalue weighted by Crippen LogP contribution is -2.41. The third-order valence-electron chi connectivity index (χ3n) is 2.62. The van der Waals surface area contributed by atoms with Gasteiger partial charge in [0, 0.05) is 24.6 Å². The Morgan fingerprint density at radius 1 is 1.52 bits per heavy atom. The molecule has 8 heteroatoms. The standard InChI is InChI=1S/C13H17ClN2O5/c1-8(2)15-11(13(17)18)5-6-21-9-3-4-12(16(19)20)10(14)7-9/h3-4,7-8,11,15H,5-6H2,1-2H3,(H,17,18). The highest BCUT2D eigenvalue weighted by molar-refractivity contribution is 6.32. The summed E-state index contributed by atoms with van der Waals surface area (Å²) in [6.45, 7) is 3.87. The van der Waals surface area contributed by atoms with Gasteiger partial charge < -0.3 is 15.2 Å². The summed E-state index contributed by atoms with van der Waals surface area (Å²) in [6.07, 6.45) is 0.266. The lowest BCUT2D eigenvalue weighted by molar-refractivity contribution is -0.384. The van der Waals surface area contributed by atoms with Gasteiger partial charge in [0.25, 0.3) is 5.69 Å². The van der Waals surface area contributed by atoms with Gasteiger partial charge in [-0.25, -0.2) is 0 Å². The summed E-state index contributed by atoms with van der Waals surface area (Å²) in [4.78, 5) is 21.1. The van der Waals surface area contributed by atoms with Crippen molar-refractivity contribution in [1.29, 1.82) is 0 Å². The molecule has 2 N–H and O–H groups in total. The zero-order valence-corrected chi connectivity index (χ0v) is 12.5. The maximum atomic E-state index is 11.0. The van der Waals surface area contributed by atoms with Gasteiger partial charge in [-0.1, -0.05) is 25.4 Å². The van der Waals surface area contributed by atoms with Crippen molar-refractivity contribution in [3.8, 4) is 5.75 Å². The minimum Gasteiger partial charge on any atom is -0.493 e. The van der Waals surface area contributed by atoms with Crippen molar-refractivity contribution < 1.29 is 19.6 Å². The lowest BCUT2D eigenvalue weighted by Gasteiger charge is -2.17. The molecule has 1 unspecified atom stereocenters. The van der Waals surface area contributed by atoms with Crippen LogP contribution < -0.4 is 10.1 Å². The number of nitro groups is 1. The van der Waals surface area contributed by atoms with Gasteiger partial charge in [-0.3, -0.25) is 14.9 Å². The number of nitrogens with one attached hydrogen (secondary N) is 1. The second-order valence-electron chi connectivity index (χ2n) is 4.72. The molecule has 116 valence electrons. The molecule has 0 fully saturated rings. The Kier molecular flexibility index (Phi) is 6.39. The van der Waals surface area contributed by atoms with Crippen molar-refractivity contribution in [2.75, 3.05) is 6.61 Å². The number of benzene rings is 1. The second kappa shape index (κ2) is 7.80. The van der Waals surface area contributed by atoms with Crippen LogP contribution in [0.25, 0.3) is 0 Å². The van der Waals surface area contributed by atoms with E-state index in [1.54, 1.807) is 0 Å². The lowest BCUT2D eigenvalue weighted by atomic mass is 10.2. The highest BCUT2D eigenvalue weighted by atomic mass is 35.5. The number of ether oxygens (including phenoxy) is 1. The number of hydrogen-bond acceptors (Lipinski definition) is 5. The number of nitrogens with zero attached hydrogens (tertiary/aromatic N) is 1. The summed E-state index contributed by atoms with van der Waals surface area (Å²) in [5.74, 6) is -0.590. The highest BCUT2D eigenvalue weighted by Crippen LogP contribution is 2.28. The SMILES string of the molecule is CC(C)NC(CCOc1ccc([N+](=O)[O-])c(Cl)c1)C(=O)O. The zero-order valence-electron chi connectivity index (χ0n) is 11.7. The Labute approximate surface area is 127 Å². The summed E-state index contributed by atoms with van der Waals surface area (Å²) in [6, 6.07) is 3.35. The minimum atomic E-state index is -0.950. The molecule has 1 rings (SSSR count). The van der Waals surface area contributed by atoms with Crippen LogP contribution in [0.2, 0.25) is 5.02 Å². The van der Waals surface area contributed by atoms with E-state index in [-0.39, 0.29) is 29.8 Å². The van der Waals surface area contributed by atoms with E-state index in [0.29, 0.717) is 5.75 Å². The molecule has 0 aliphatic rings. The first-order chi connectivity index (χ1) is 9.81. The Balaban J connectivity index is 2.57. The van der Waals surface area contributed by atoms with Crippen LogP contribution >= 0.6 is 11.6 Å². The molecule has 0 aromatic heterocycles. The van der Waals surface area contributed by atoms with Crippen molar-refractivity contribution in [3.05, 3.63) is 33.3 Å². The summed E-state index contributed by atoms with van der Waals surface area (Å²) >= 11 is 5.76. The molecular formula is C13H17ClN2O5. The quantitative estimate of drug-likeness (QED) is 0.564. The number of aliphatic carboxylic acids is 1. The maximum absolute atomic E-state index is 11.0. The van der Waals surface area contributed by atoms with Gasteiger partial charge in [0.2, 0.25) is 0 Å². The summed E-state index contributed by atoms with van der Waals surface area (Å²) in [5.41, 5.74) is -0.200. The summed E-state index contributed by atoms with van der Waals surface area (Å²) in [7, 11) is 0. The second-order valence-corrected chi connectivity index (χ2v) is 5.13. The number of rotatable bonds is 8.